The molecule has 0 saturated heterocycles. The summed E-state index contributed by atoms with van der Waals surface area (Å²) in [5.41, 5.74) is 0.234. The number of benzene rings is 2. The summed E-state index contributed by atoms with van der Waals surface area (Å²) in [7, 11) is 0. The number of fused-ring (bicyclic) bond motifs is 1. The normalized spacial score (nSPS) is 9.77. The van der Waals surface area contributed by atoms with Gasteiger partial charge in [-0.1, -0.05) is 30.3 Å². The van der Waals surface area contributed by atoms with E-state index >= 15 is 0 Å². The Hall–Kier alpha value is -2.01. The van der Waals surface area contributed by atoms with Crippen molar-refractivity contribution in [2.75, 3.05) is 0 Å². The lowest BCUT2D eigenvalue weighted by atomic mass is 10.0. The topological polar surface area (TPSA) is 43.7 Å². The fourth-order valence-electron chi connectivity index (χ4n) is 1.37. The summed E-state index contributed by atoms with van der Waals surface area (Å²) < 4.78 is 0. The third kappa shape index (κ3) is 1.11. The molecule has 61 valence electrons. The Kier molecular flexibility index (Phi) is 1.64. The number of hydrogen-bond donors (Lipinski definition) is 0. The Balaban J connectivity index is 2.94. The molecule has 0 unspecified atom stereocenters. The molecule has 2 rings (SSSR count). The molecule has 2 heteroatoms. The van der Waals surface area contributed by atoms with E-state index in [9.17, 15) is 5.11 Å². The summed E-state index contributed by atoms with van der Waals surface area (Å²) in [4.78, 5) is 0. The average Bonchev–Trinajstić information content (AvgIpc) is 2.18. The summed E-state index contributed by atoms with van der Waals surface area (Å²) in [5.74, 6) is -0.207. The van der Waals surface area contributed by atoms with Crippen molar-refractivity contribution in [3.63, 3.8) is 0 Å². The second kappa shape index (κ2) is 2.80. The number of rotatable bonds is 0. The van der Waals surface area contributed by atoms with E-state index in [2.05, 4.69) is 0 Å². The van der Waals surface area contributed by atoms with Crippen LogP contribution in [0, 0.1) is 11.3 Å². The van der Waals surface area contributed by atoms with Crippen molar-refractivity contribution in [1.82, 2.24) is 0 Å². The van der Waals surface area contributed by atoms with Crippen molar-refractivity contribution in [2.45, 2.75) is 0 Å². The fraction of sp³-hybridized carbons (Fsp3) is 0. The first-order valence-electron chi connectivity index (χ1n) is 3.92. The van der Waals surface area contributed by atoms with Gasteiger partial charge < -0.3 is 0 Å². The molecule has 0 bridgehead atoms. The molecule has 0 atom stereocenters. The first kappa shape index (κ1) is 7.63. The zero-order valence-electron chi connectivity index (χ0n) is 6.82. The van der Waals surface area contributed by atoms with Crippen LogP contribution in [-0.4, -0.2) is 0 Å². The molecular weight excluding hydrogens is 162 g/mol. The molecule has 1 radical (unpaired) electrons. The Bertz CT molecular complexity index is 497. The van der Waals surface area contributed by atoms with Gasteiger partial charge in [0.2, 0.25) is 0 Å². The molecule has 0 aliphatic carbocycles. The third-order valence-corrected chi connectivity index (χ3v) is 2.00. The van der Waals surface area contributed by atoms with Crippen LogP contribution in [0.4, 0.5) is 0 Å². The van der Waals surface area contributed by atoms with E-state index in [1.807, 2.05) is 24.3 Å². The molecule has 0 N–H and O–H groups in total. The number of nitriles is 1. The van der Waals surface area contributed by atoms with E-state index in [4.69, 9.17) is 5.26 Å². The van der Waals surface area contributed by atoms with Gasteiger partial charge in [-0.2, -0.15) is 5.26 Å². The van der Waals surface area contributed by atoms with Crippen molar-refractivity contribution in [2.24, 2.45) is 0 Å². The van der Waals surface area contributed by atoms with Gasteiger partial charge in [0.1, 0.15) is 11.6 Å². The zero-order chi connectivity index (χ0) is 9.26. The predicted molar refractivity (Wildman–Crippen MR) is 48.8 cm³/mol. The molecule has 0 aromatic heterocycles. The van der Waals surface area contributed by atoms with Gasteiger partial charge in [0.25, 0.3) is 0 Å². The van der Waals surface area contributed by atoms with E-state index < -0.39 is 0 Å². The lowest BCUT2D eigenvalue weighted by Gasteiger charge is -1.98. The van der Waals surface area contributed by atoms with E-state index in [1.165, 1.54) is 6.07 Å². The molecule has 0 fully saturated rings. The van der Waals surface area contributed by atoms with Gasteiger partial charge in [-0.05, 0) is 11.5 Å². The summed E-state index contributed by atoms with van der Waals surface area (Å²) in [6.45, 7) is 0. The molecule has 2 nitrogen and oxygen atoms in total. The maximum atomic E-state index is 11.2. The van der Waals surface area contributed by atoms with E-state index in [-0.39, 0.29) is 11.3 Å². The van der Waals surface area contributed by atoms with Gasteiger partial charge in [-0.3, -0.25) is 5.11 Å². The quantitative estimate of drug-likeness (QED) is 0.596. The highest BCUT2D eigenvalue weighted by molar-refractivity contribution is 5.89. The summed E-state index contributed by atoms with van der Waals surface area (Å²) in [5, 5.41) is 21.7. The predicted octanol–water partition coefficient (Wildman–Crippen LogP) is 2.86. The molecule has 0 amide bonds. The molecule has 0 heterocycles. The van der Waals surface area contributed by atoms with Crippen molar-refractivity contribution in [1.29, 1.82) is 5.26 Å². The number of hydrogen-bond acceptors (Lipinski definition) is 1. The van der Waals surface area contributed by atoms with Crippen LogP contribution in [0.2, 0.25) is 0 Å². The van der Waals surface area contributed by atoms with E-state index in [0.29, 0.717) is 0 Å². The highest BCUT2D eigenvalue weighted by Crippen LogP contribution is 2.26. The minimum absolute atomic E-state index is 0.207. The van der Waals surface area contributed by atoms with E-state index in [1.54, 1.807) is 12.1 Å². The third-order valence-electron chi connectivity index (χ3n) is 2.00. The SMILES string of the molecule is N#Cc1c([O])ccc2ccccc12. The van der Waals surface area contributed by atoms with Crippen LogP contribution >= 0.6 is 0 Å². The Morgan fingerprint density at radius 3 is 2.62 bits per heavy atom. The monoisotopic (exact) mass is 168 g/mol. The molecule has 13 heavy (non-hydrogen) atoms. The first-order valence-corrected chi connectivity index (χ1v) is 3.92. The van der Waals surface area contributed by atoms with E-state index in [0.717, 1.165) is 10.8 Å². The summed E-state index contributed by atoms with van der Waals surface area (Å²) in [6, 6.07) is 12.5. The van der Waals surface area contributed by atoms with Crippen LogP contribution in [0.1, 0.15) is 5.56 Å². The average molecular weight is 168 g/mol. The van der Waals surface area contributed by atoms with Crippen molar-refractivity contribution in [3.05, 3.63) is 42.0 Å². The number of nitrogens with zero attached hydrogens (tertiary/aromatic N) is 1. The van der Waals surface area contributed by atoms with Gasteiger partial charge in [0, 0.05) is 5.39 Å². The van der Waals surface area contributed by atoms with Crippen LogP contribution in [0.15, 0.2) is 36.4 Å². The minimum atomic E-state index is -0.207. The summed E-state index contributed by atoms with van der Waals surface area (Å²) >= 11 is 0. The van der Waals surface area contributed by atoms with Gasteiger partial charge in [0.05, 0.1) is 0 Å². The Morgan fingerprint density at radius 1 is 1.08 bits per heavy atom. The Morgan fingerprint density at radius 2 is 1.85 bits per heavy atom. The maximum absolute atomic E-state index is 11.2. The molecule has 2 aromatic rings. The Labute approximate surface area is 75.7 Å². The second-order valence-electron chi connectivity index (χ2n) is 2.77. The van der Waals surface area contributed by atoms with Crippen LogP contribution < -0.4 is 0 Å². The molecule has 0 aliphatic rings. The van der Waals surface area contributed by atoms with Crippen molar-refractivity contribution in [3.8, 4) is 11.8 Å². The lowest BCUT2D eigenvalue weighted by molar-refractivity contribution is 0.354. The lowest BCUT2D eigenvalue weighted by Crippen LogP contribution is -1.79. The van der Waals surface area contributed by atoms with Crippen molar-refractivity contribution >= 4 is 10.8 Å². The standard InChI is InChI=1S/C11H6NO/c12-7-10-9-4-2-1-3-8(9)5-6-11(10)13/h1-6H. The highest BCUT2D eigenvalue weighted by atomic mass is 16.3. The minimum Gasteiger partial charge on any atom is -0.288 e. The molecule has 0 saturated carbocycles. The molecule has 0 aliphatic heterocycles. The zero-order valence-corrected chi connectivity index (χ0v) is 6.82. The molecule has 2 aromatic carbocycles. The van der Waals surface area contributed by atoms with Gasteiger partial charge in [0.15, 0.2) is 5.75 Å². The fourth-order valence-corrected chi connectivity index (χ4v) is 1.37. The largest absolute Gasteiger partial charge is 0.288 e. The smallest absolute Gasteiger partial charge is 0.197 e. The van der Waals surface area contributed by atoms with Crippen LogP contribution in [0.5, 0.6) is 5.75 Å². The first-order chi connectivity index (χ1) is 6.33. The van der Waals surface area contributed by atoms with Gasteiger partial charge in [-0.25, -0.2) is 0 Å². The molecule has 0 spiro atoms. The van der Waals surface area contributed by atoms with Crippen molar-refractivity contribution < 1.29 is 5.11 Å². The van der Waals surface area contributed by atoms with Crippen LogP contribution in [0.25, 0.3) is 10.8 Å². The highest BCUT2D eigenvalue weighted by Gasteiger charge is 2.05. The molecular formula is C11H6NO. The van der Waals surface area contributed by atoms with Gasteiger partial charge >= 0.3 is 0 Å². The van der Waals surface area contributed by atoms with Crippen LogP contribution in [0.3, 0.4) is 0 Å². The second-order valence-corrected chi connectivity index (χ2v) is 2.77. The summed E-state index contributed by atoms with van der Waals surface area (Å²) in [6.07, 6.45) is 0. The van der Waals surface area contributed by atoms with Gasteiger partial charge in [-0.15, -0.1) is 0 Å². The van der Waals surface area contributed by atoms with Crippen LogP contribution in [-0.2, 0) is 5.11 Å². The maximum Gasteiger partial charge on any atom is 0.197 e.